The van der Waals surface area contributed by atoms with E-state index in [0.717, 1.165) is 17.7 Å². The van der Waals surface area contributed by atoms with E-state index in [0.29, 0.717) is 35.7 Å². The summed E-state index contributed by atoms with van der Waals surface area (Å²) in [5.74, 6) is -0.953. The highest BCUT2D eigenvalue weighted by Crippen LogP contribution is 2.30. The number of anilines is 2. The first kappa shape index (κ1) is 18.3. The average molecular weight is 379 g/mol. The Labute approximate surface area is 162 Å². The van der Waals surface area contributed by atoms with Gasteiger partial charge >= 0.3 is 0 Å². The number of amides is 3. The molecule has 2 heterocycles. The summed E-state index contributed by atoms with van der Waals surface area (Å²) in [5, 5.41) is 2.80. The van der Waals surface area contributed by atoms with Gasteiger partial charge in [-0.1, -0.05) is 18.2 Å². The fraction of sp³-hybridized carbons (Fsp3) is 0.286. The topological polar surface area (TPSA) is 102 Å². The number of hydrogen-bond donors (Lipinski definition) is 2. The van der Waals surface area contributed by atoms with Crippen LogP contribution in [0.1, 0.15) is 33.6 Å². The van der Waals surface area contributed by atoms with Gasteiger partial charge in [-0.25, -0.2) is 4.90 Å². The maximum Gasteiger partial charge on any atom is 0.266 e. The quantitative estimate of drug-likeness (QED) is 0.793. The van der Waals surface area contributed by atoms with Gasteiger partial charge in [0.25, 0.3) is 11.8 Å². The molecule has 1 atom stereocenters. The molecule has 0 saturated carbocycles. The van der Waals surface area contributed by atoms with Crippen molar-refractivity contribution in [2.24, 2.45) is 11.7 Å². The summed E-state index contributed by atoms with van der Waals surface area (Å²) >= 11 is 0. The molecule has 2 aliphatic rings. The largest absolute Gasteiger partial charge is 0.381 e. The number of nitrogens with zero attached hydrogens (tertiary/aromatic N) is 1. The SMILES string of the molecule is NC(C(=O)Nc1cccc(N2C(=O)c3ccccc3C2=O)c1)C1CCOCC1. The maximum atomic E-state index is 12.6. The zero-order chi connectivity index (χ0) is 19.7. The maximum absolute atomic E-state index is 12.6. The highest BCUT2D eigenvalue weighted by atomic mass is 16.5. The molecule has 2 aliphatic heterocycles. The fourth-order valence-corrected chi connectivity index (χ4v) is 3.66. The van der Waals surface area contributed by atoms with E-state index >= 15 is 0 Å². The predicted octanol–water partition coefficient (Wildman–Crippen LogP) is 2.18. The van der Waals surface area contributed by atoms with Crippen LogP contribution in [0.3, 0.4) is 0 Å². The molecule has 7 nitrogen and oxygen atoms in total. The first-order valence-corrected chi connectivity index (χ1v) is 9.28. The fourth-order valence-electron chi connectivity index (χ4n) is 3.66. The second-order valence-electron chi connectivity index (χ2n) is 7.01. The lowest BCUT2D eigenvalue weighted by Gasteiger charge is -2.26. The summed E-state index contributed by atoms with van der Waals surface area (Å²) in [7, 11) is 0. The first-order chi connectivity index (χ1) is 13.6. The van der Waals surface area contributed by atoms with Crippen LogP contribution in [0.2, 0.25) is 0 Å². The number of rotatable bonds is 4. The number of ether oxygens (including phenoxy) is 1. The summed E-state index contributed by atoms with van der Waals surface area (Å²) in [6, 6.07) is 12.7. The number of carbonyl (C=O) groups excluding carboxylic acids is 3. The van der Waals surface area contributed by atoms with Crippen LogP contribution in [0.4, 0.5) is 11.4 Å². The number of benzene rings is 2. The minimum atomic E-state index is -0.633. The molecule has 3 amide bonds. The van der Waals surface area contributed by atoms with Gasteiger partial charge in [0.05, 0.1) is 22.9 Å². The molecule has 0 aromatic heterocycles. The molecular formula is C21H21N3O4. The van der Waals surface area contributed by atoms with Crippen molar-refractivity contribution in [3.63, 3.8) is 0 Å². The Bertz CT molecular complexity index is 902. The summed E-state index contributed by atoms with van der Waals surface area (Å²) in [6.07, 6.45) is 1.51. The lowest BCUT2D eigenvalue weighted by atomic mass is 9.92. The van der Waals surface area contributed by atoms with Crippen LogP contribution in [0.5, 0.6) is 0 Å². The Morgan fingerprint density at radius 2 is 1.68 bits per heavy atom. The number of nitrogens with two attached hydrogens (primary N) is 1. The number of hydrogen-bond acceptors (Lipinski definition) is 5. The van der Waals surface area contributed by atoms with Crippen LogP contribution in [0.15, 0.2) is 48.5 Å². The van der Waals surface area contributed by atoms with Crippen LogP contribution in [0, 0.1) is 5.92 Å². The third kappa shape index (κ3) is 3.30. The first-order valence-electron chi connectivity index (χ1n) is 9.28. The predicted molar refractivity (Wildman–Crippen MR) is 104 cm³/mol. The zero-order valence-corrected chi connectivity index (χ0v) is 15.3. The number of imide groups is 1. The molecule has 2 aromatic rings. The van der Waals surface area contributed by atoms with Gasteiger partial charge in [-0.2, -0.15) is 0 Å². The Hall–Kier alpha value is -3.03. The van der Waals surface area contributed by atoms with Crippen LogP contribution in [-0.4, -0.2) is 37.0 Å². The molecule has 28 heavy (non-hydrogen) atoms. The van der Waals surface area contributed by atoms with Gasteiger partial charge in [0.2, 0.25) is 5.91 Å². The van der Waals surface area contributed by atoms with Crippen molar-refractivity contribution >= 4 is 29.1 Å². The van der Waals surface area contributed by atoms with E-state index in [4.69, 9.17) is 10.5 Å². The monoisotopic (exact) mass is 379 g/mol. The van der Waals surface area contributed by atoms with Gasteiger partial charge < -0.3 is 15.8 Å². The van der Waals surface area contributed by atoms with Gasteiger partial charge in [-0.15, -0.1) is 0 Å². The van der Waals surface area contributed by atoms with E-state index in [1.54, 1.807) is 48.5 Å². The summed E-state index contributed by atoms with van der Waals surface area (Å²) in [6.45, 7) is 1.22. The van der Waals surface area contributed by atoms with Gasteiger partial charge in [-0.05, 0) is 49.1 Å². The van der Waals surface area contributed by atoms with Crippen molar-refractivity contribution in [1.29, 1.82) is 0 Å². The molecule has 0 spiro atoms. The van der Waals surface area contributed by atoms with Gasteiger partial charge in [-0.3, -0.25) is 14.4 Å². The molecule has 1 fully saturated rings. The average Bonchev–Trinajstić information content (AvgIpc) is 2.99. The highest BCUT2D eigenvalue weighted by molar-refractivity contribution is 6.34. The molecule has 1 saturated heterocycles. The molecule has 0 aliphatic carbocycles. The van der Waals surface area contributed by atoms with Crippen LogP contribution in [0.25, 0.3) is 0 Å². The number of fused-ring (bicyclic) bond motifs is 1. The Morgan fingerprint density at radius 3 is 2.32 bits per heavy atom. The Morgan fingerprint density at radius 1 is 1.04 bits per heavy atom. The zero-order valence-electron chi connectivity index (χ0n) is 15.3. The van der Waals surface area contributed by atoms with E-state index in [-0.39, 0.29) is 23.6 Å². The third-order valence-corrected chi connectivity index (χ3v) is 5.24. The second-order valence-corrected chi connectivity index (χ2v) is 7.01. The molecule has 0 bridgehead atoms. The molecular weight excluding hydrogens is 358 g/mol. The lowest BCUT2D eigenvalue weighted by Crippen LogP contribution is -2.44. The van der Waals surface area contributed by atoms with Crippen molar-refractivity contribution < 1.29 is 19.1 Å². The number of nitrogens with one attached hydrogen (secondary N) is 1. The van der Waals surface area contributed by atoms with Crippen LogP contribution in [-0.2, 0) is 9.53 Å². The van der Waals surface area contributed by atoms with Crippen LogP contribution >= 0.6 is 0 Å². The number of carbonyl (C=O) groups is 3. The van der Waals surface area contributed by atoms with Crippen molar-refractivity contribution in [2.75, 3.05) is 23.4 Å². The molecule has 0 radical (unpaired) electrons. The smallest absolute Gasteiger partial charge is 0.266 e. The minimum Gasteiger partial charge on any atom is -0.381 e. The van der Waals surface area contributed by atoms with Crippen molar-refractivity contribution in [1.82, 2.24) is 0 Å². The summed E-state index contributed by atoms with van der Waals surface area (Å²) < 4.78 is 5.31. The molecule has 144 valence electrons. The lowest BCUT2D eigenvalue weighted by molar-refractivity contribution is -0.119. The van der Waals surface area contributed by atoms with E-state index < -0.39 is 6.04 Å². The third-order valence-electron chi connectivity index (χ3n) is 5.24. The van der Waals surface area contributed by atoms with Crippen molar-refractivity contribution in [3.05, 3.63) is 59.7 Å². The van der Waals surface area contributed by atoms with Gasteiger partial charge in [0, 0.05) is 18.9 Å². The van der Waals surface area contributed by atoms with Crippen LogP contribution < -0.4 is 16.0 Å². The highest BCUT2D eigenvalue weighted by Gasteiger charge is 2.36. The summed E-state index contributed by atoms with van der Waals surface area (Å²) in [4.78, 5) is 38.9. The molecule has 7 heteroatoms. The van der Waals surface area contributed by atoms with Gasteiger partial charge in [0.1, 0.15) is 0 Å². The summed E-state index contributed by atoms with van der Waals surface area (Å²) in [5.41, 5.74) is 7.77. The van der Waals surface area contributed by atoms with E-state index in [9.17, 15) is 14.4 Å². The van der Waals surface area contributed by atoms with Gasteiger partial charge in [0.15, 0.2) is 0 Å². The Balaban J connectivity index is 1.52. The molecule has 2 aromatic carbocycles. The Kier molecular flexibility index (Phi) is 4.93. The molecule has 4 rings (SSSR count). The minimum absolute atomic E-state index is 0.0770. The standard InChI is InChI=1S/C21H21N3O4/c22-18(13-8-10-28-11-9-13)19(25)23-14-4-3-5-15(12-14)24-20(26)16-6-1-2-7-17(16)21(24)27/h1-7,12-13,18H,8-11,22H2,(H,23,25). The van der Waals surface area contributed by atoms with E-state index in [1.807, 2.05) is 0 Å². The van der Waals surface area contributed by atoms with E-state index in [2.05, 4.69) is 5.32 Å². The van der Waals surface area contributed by atoms with E-state index in [1.165, 1.54) is 0 Å². The second kappa shape index (κ2) is 7.53. The molecule has 3 N–H and O–H groups in total. The van der Waals surface area contributed by atoms with Crippen molar-refractivity contribution in [3.8, 4) is 0 Å². The van der Waals surface area contributed by atoms with Crippen molar-refractivity contribution in [2.45, 2.75) is 18.9 Å². The normalized spacial score (nSPS) is 18.1. The molecule has 1 unspecified atom stereocenters.